The van der Waals surface area contributed by atoms with Gasteiger partial charge in [0.25, 0.3) is 0 Å². The van der Waals surface area contributed by atoms with E-state index in [4.69, 9.17) is 4.74 Å². The summed E-state index contributed by atoms with van der Waals surface area (Å²) in [6.45, 7) is 7.75. The highest BCUT2D eigenvalue weighted by molar-refractivity contribution is 5.26. The lowest BCUT2D eigenvalue weighted by atomic mass is 9.86. The predicted molar refractivity (Wildman–Crippen MR) is 75.7 cm³/mol. The number of rotatable bonds is 5. The van der Waals surface area contributed by atoms with Crippen LogP contribution in [0, 0.1) is 18.7 Å². The van der Waals surface area contributed by atoms with Gasteiger partial charge in [0.05, 0.1) is 6.10 Å². The highest BCUT2D eigenvalue weighted by Gasteiger charge is 2.34. The van der Waals surface area contributed by atoms with E-state index in [1.165, 1.54) is 0 Å². The summed E-state index contributed by atoms with van der Waals surface area (Å²) in [6, 6.07) is 5.77. The Morgan fingerprint density at radius 2 is 2.21 bits per heavy atom. The molecule has 1 aliphatic rings. The molecule has 1 fully saturated rings. The molecule has 2 nitrogen and oxygen atoms in total. The van der Waals surface area contributed by atoms with Crippen LogP contribution in [0.2, 0.25) is 0 Å². The molecule has 0 aromatic heterocycles. The Morgan fingerprint density at radius 1 is 1.42 bits per heavy atom. The zero-order chi connectivity index (χ0) is 13.8. The van der Waals surface area contributed by atoms with Crippen molar-refractivity contribution in [1.82, 2.24) is 5.32 Å². The molecule has 1 saturated heterocycles. The third-order valence-corrected chi connectivity index (χ3v) is 4.07. The molecule has 1 aromatic carbocycles. The van der Waals surface area contributed by atoms with Gasteiger partial charge in [0, 0.05) is 18.6 Å². The van der Waals surface area contributed by atoms with E-state index < -0.39 is 0 Å². The fourth-order valence-electron chi connectivity index (χ4n) is 3.01. The fraction of sp³-hybridized carbons (Fsp3) is 0.625. The maximum Gasteiger partial charge on any atom is 0.126 e. The topological polar surface area (TPSA) is 21.3 Å². The van der Waals surface area contributed by atoms with Gasteiger partial charge in [-0.05, 0) is 43.5 Å². The van der Waals surface area contributed by atoms with Gasteiger partial charge in [-0.1, -0.05) is 26.0 Å². The molecule has 0 aliphatic carbocycles. The minimum atomic E-state index is -0.118. The third-order valence-electron chi connectivity index (χ3n) is 4.07. The molecule has 0 amide bonds. The monoisotopic (exact) mass is 265 g/mol. The molecule has 0 spiro atoms. The summed E-state index contributed by atoms with van der Waals surface area (Å²) >= 11 is 0. The molecule has 1 heterocycles. The molecule has 0 radical (unpaired) electrons. The number of ether oxygens (including phenoxy) is 1. The van der Waals surface area contributed by atoms with E-state index in [-0.39, 0.29) is 18.0 Å². The first-order chi connectivity index (χ1) is 9.17. The lowest BCUT2D eigenvalue weighted by Crippen LogP contribution is -2.32. The van der Waals surface area contributed by atoms with Gasteiger partial charge in [-0.3, -0.25) is 0 Å². The highest BCUT2D eigenvalue weighted by Crippen LogP contribution is 2.35. The predicted octanol–water partition coefficient (Wildman–Crippen LogP) is 3.60. The van der Waals surface area contributed by atoms with E-state index in [0.29, 0.717) is 11.5 Å². The molecule has 2 rings (SSSR count). The summed E-state index contributed by atoms with van der Waals surface area (Å²) in [5.41, 5.74) is 1.74. The van der Waals surface area contributed by atoms with Crippen LogP contribution in [0.5, 0.6) is 0 Å². The quantitative estimate of drug-likeness (QED) is 0.878. The van der Waals surface area contributed by atoms with Crippen molar-refractivity contribution in [1.29, 1.82) is 0 Å². The normalized spacial score (nSPS) is 24.6. The van der Waals surface area contributed by atoms with Gasteiger partial charge in [0.2, 0.25) is 0 Å². The summed E-state index contributed by atoms with van der Waals surface area (Å²) in [5.74, 6) is 0.319. The molecular weight excluding hydrogens is 241 g/mol. The molecule has 106 valence electrons. The van der Waals surface area contributed by atoms with Crippen LogP contribution in [0.3, 0.4) is 0 Å². The standard InChI is InChI=1S/C16H24FNO/c1-4-15-13(8-9-19-15)16(18-5-2)12-7-6-11(3)14(17)10-12/h6-7,10,13,15-16,18H,4-5,8-9H2,1-3H3. The van der Waals surface area contributed by atoms with Crippen molar-refractivity contribution in [3.63, 3.8) is 0 Å². The van der Waals surface area contributed by atoms with Crippen LogP contribution in [-0.4, -0.2) is 19.3 Å². The summed E-state index contributed by atoms with van der Waals surface area (Å²) in [5, 5.41) is 3.51. The number of hydrogen-bond acceptors (Lipinski definition) is 2. The van der Waals surface area contributed by atoms with Gasteiger partial charge in [-0.2, -0.15) is 0 Å². The minimum Gasteiger partial charge on any atom is -0.378 e. The van der Waals surface area contributed by atoms with E-state index in [1.54, 1.807) is 13.0 Å². The van der Waals surface area contributed by atoms with Crippen molar-refractivity contribution in [2.24, 2.45) is 5.92 Å². The Labute approximate surface area is 115 Å². The highest BCUT2D eigenvalue weighted by atomic mass is 19.1. The Bertz CT molecular complexity index is 421. The van der Waals surface area contributed by atoms with Crippen molar-refractivity contribution in [2.75, 3.05) is 13.2 Å². The van der Waals surface area contributed by atoms with Crippen molar-refractivity contribution in [2.45, 2.75) is 45.8 Å². The largest absolute Gasteiger partial charge is 0.378 e. The van der Waals surface area contributed by atoms with E-state index in [0.717, 1.165) is 31.6 Å². The molecule has 1 N–H and O–H groups in total. The molecule has 0 saturated carbocycles. The number of benzene rings is 1. The average Bonchev–Trinajstić information content (AvgIpc) is 2.87. The van der Waals surface area contributed by atoms with Crippen LogP contribution < -0.4 is 5.32 Å². The first-order valence-electron chi connectivity index (χ1n) is 7.28. The Hall–Kier alpha value is -0.930. The van der Waals surface area contributed by atoms with Crippen molar-refractivity contribution >= 4 is 0 Å². The molecule has 3 unspecified atom stereocenters. The van der Waals surface area contributed by atoms with Gasteiger partial charge in [0.1, 0.15) is 5.82 Å². The van der Waals surface area contributed by atoms with Gasteiger partial charge in [0.15, 0.2) is 0 Å². The zero-order valence-corrected chi connectivity index (χ0v) is 12.1. The SMILES string of the molecule is CCNC(c1ccc(C)c(F)c1)C1CCOC1CC. The number of aryl methyl sites for hydroxylation is 1. The van der Waals surface area contributed by atoms with Crippen LogP contribution >= 0.6 is 0 Å². The van der Waals surface area contributed by atoms with Crippen LogP contribution in [-0.2, 0) is 4.74 Å². The van der Waals surface area contributed by atoms with E-state index in [1.807, 2.05) is 12.1 Å². The smallest absolute Gasteiger partial charge is 0.126 e. The van der Waals surface area contributed by atoms with Crippen molar-refractivity contribution in [3.8, 4) is 0 Å². The number of halogens is 1. The van der Waals surface area contributed by atoms with Gasteiger partial charge < -0.3 is 10.1 Å². The van der Waals surface area contributed by atoms with E-state index >= 15 is 0 Å². The maximum atomic E-state index is 13.8. The number of hydrogen-bond donors (Lipinski definition) is 1. The molecule has 3 heteroatoms. The Kier molecular flexibility index (Phi) is 4.94. The molecular formula is C16H24FNO. The van der Waals surface area contributed by atoms with Crippen LogP contribution in [0.1, 0.15) is 43.9 Å². The minimum absolute atomic E-state index is 0.118. The van der Waals surface area contributed by atoms with Gasteiger partial charge >= 0.3 is 0 Å². The van der Waals surface area contributed by atoms with Crippen LogP contribution in [0.4, 0.5) is 4.39 Å². The maximum absolute atomic E-state index is 13.8. The second-order valence-electron chi connectivity index (χ2n) is 5.31. The Balaban J connectivity index is 2.25. The Morgan fingerprint density at radius 3 is 2.84 bits per heavy atom. The summed E-state index contributed by atoms with van der Waals surface area (Å²) in [6.07, 6.45) is 2.35. The third kappa shape index (κ3) is 3.15. The van der Waals surface area contributed by atoms with Crippen LogP contribution in [0.25, 0.3) is 0 Å². The zero-order valence-electron chi connectivity index (χ0n) is 12.1. The first-order valence-corrected chi connectivity index (χ1v) is 7.28. The summed E-state index contributed by atoms with van der Waals surface area (Å²) in [4.78, 5) is 0. The van der Waals surface area contributed by atoms with E-state index in [9.17, 15) is 4.39 Å². The number of nitrogens with one attached hydrogen (secondary N) is 1. The average molecular weight is 265 g/mol. The fourth-order valence-corrected chi connectivity index (χ4v) is 3.01. The van der Waals surface area contributed by atoms with Crippen molar-refractivity contribution < 1.29 is 9.13 Å². The first kappa shape index (κ1) is 14.5. The molecule has 3 atom stereocenters. The van der Waals surface area contributed by atoms with Gasteiger partial charge in [-0.25, -0.2) is 4.39 Å². The molecule has 19 heavy (non-hydrogen) atoms. The molecule has 1 aromatic rings. The molecule has 1 aliphatic heterocycles. The van der Waals surface area contributed by atoms with Crippen molar-refractivity contribution in [3.05, 3.63) is 35.1 Å². The second-order valence-corrected chi connectivity index (χ2v) is 5.31. The summed E-state index contributed by atoms with van der Waals surface area (Å²) in [7, 11) is 0. The lowest BCUT2D eigenvalue weighted by Gasteiger charge is -2.28. The van der Waals surface area contributed by atoms with E-state index in [2.05, 4.69) is 19.2 Å². The second kappa shape index (κ2) is 6.49. The molecule has 0 bridgehead atoms. The summed E-state index contributed by atoms with van der Waals surface area (Å²) < 4.78 is 19.6. The lowest BCUT2D eigenvalue weighted by molar-refractivity contribution is 0.0775. The van der Waals surface area contributed by atoms with Crippen LogP contribution in [0.15, 0.2) is 18.2 Å². The van der Waals surface area contributed by atoms with Gasteiger partial charge in [-0.15, -0.1) is 0 Å².